The van der Waals surface area contributed by atoms with E-state index in [1.165, 1.54) is 11.0 Å². The van der Waals surface area contributed by atoms with Gasteiger partial charge in [-0.1, -0.05) is 0 Å². The van der Waals surface area contributed by atoms with Gasteiger partial charge >= 0.3 is 0 Å². The molecule has 0 saturated carbocycles. The van der Waals surface area contributed by atoms with Crippen molar-refractivity contribution in [1.82, 2.24) is 20.1 Å². The molecule has 1 unspecified atom stereocenters. The van der Waals surface area contributed by atoms with Gasteiger partial charge in [-0.2, -0.15) is 0 Å². The number of rotatable bonds is 5. The van der Waals surface area contributed by atoms with Crippen LogP contribution in [0.3, 0.4) is 0 Å². The van der Waals surface area contributed by atoms with Gasteiger partial charge in [0, 0.05) is 51.9 Å². The molecule has 1 saturated heterocycles. The van der Waals surface area contributed by atoms with Crippen LogP contribution in [-0.4, -0.2) is 77.8 Å². The molecule has 0 aliphatic carbocycles. The first kappa shape index (κ1) is 22.0. The van der Waals surface area contributed by atoms with Crippen LogP contribution in [0.15, 0.2) is 30.5 Å². The zero-order valence-electron chi connectivity index (χ0n) is 18.1. The van der Waals surface area contributed by atoms with Crippen LogP contribution in [-0.2, 0) is 6.54 Å². The molecule has 32 heavy (non-hydrogen) atoms. The van der Waals surface area contributed by atoms with Crippen LogP contribution in [0.25, 0.3) is 0 Å². The lowest BCUT2D eigenvalue weighted by Crippen LogP contribution is -2.48. The van der Waals surface area contributed by atoms with Gasteiger partial charge in [-0.25, -0.2) is 9.37 Å². The molecule has 1 aromatic heterocycles. The van der Waals surface area contributed by atoms with Crippen LogP contribution in [0, 0.1) is 5.82 Å². The molecule has 10 heteroatoms. The summed E-state index contributed by atoms with van der Waals surface area (Å²) in [7, 11) is 1.57. The minimum absolute atomic E-state index is 0.223. The second-order valence-electron chi connectivity index (χ2n) is 7.84. The molecule has 3 N–H and O–H groups in total. The molecule has 2 aliphatic rings. The Kier molecular flexibility index (Phi) is 6.24. The van der Waals surface area contributed by atoms with Crippen LogP contribution < -0.4 is 15.5 Å². The van der Waals surface area contributed by atoms with E-state index in [1.807, 2.05) is 6.07 Å². The van der Waals surface area contributed by atoms with Crippen LogP contribution >= 0.6 is 0 Å². The third kappa shape index (κ3) is 4.23. The van der Waals surface area contributed by atoms with Crippen LogP contribution in [0.1, 0.15) is 33.3 Å². The van der Waals surface area contributed by atoms with Crippen molar-refractivity contribution in [2.75, 3.05) is 50.0 Å². The monoisotopic (exact) mass is 442 g/mol. The van der Waals surface area contributed by atoms with Crippen molar-refractivity contribution < 1.29 is 19.1 Å². The van der Waals surface area contributed by atoms with E-state index in [0.29, 0.717) is 30.0 Å². The topological polar surface area (TPSA) is 101 Å². The number of carbonyl (C=O) groups excluding carboxylic acids is 2. The Morgan fingerprint density at radius 2 is 2.03 bits per heavy atom. The molecule has 0 radical (unpaired) electrons. The summed E-state index contributed by atoms with van der Waals surface area (Å²) in [4.78, 5) is 33.9. The van der Waals surface area contributed by atoms with E-state index in [4.69, 9.17) is 0 Å². The molecule has 170 valence electrons. The Morgan fingerprint density at radius 3 is 2.66 bits per heavy atom. The number of carbonyl (C=O) groups is 2. The van der Waals surface area contributed by atoms with E-state index < -0.39 is 12.2 Å². The Hall–Kier alpha value is -3.24. The minimum Gasteiger partial charge on any atom is -0.368 e. The lowest BCUT2D eigenvalue weighted by molar-refractivity contribution is 0.0209. The third-order valence-electron chi connectivity index (χ3n) is 5.94. The Balaban J connectivity index is 1.40. The number of halogens is 1. The highest BCUT2D eigenvalue weighted by Gasteiger charge is 2.31. The number of pyridine rings is 1. The number of aromatic nitrogens is 1. The molecule has 1 aromatic carbocycles. The molecule has 4 rings (SSSR count). The van der Waals surface area contributed by atoms with Crippen LogP contribution in [0.2, 0.25) is 0 Å². The zero-order valence-corrected chi connectivity index (χ0v) is 18.1. The number of fused-ring (bicyclic) bond motifs is 1. The van der Waals surface area contributed by atoms with E-state index in [0.717, 1.165) is 31.9 Å². The second kappa shape index (κ2) is 9.09. The number of aliphatic hydroxyl groups excluding tert-OH is 1. The van der Waals surface area contributed by atoms with E-state index in [-0.39, 0.29) is 17.4 Å². The highest BCUT2D eigenvalue weighted by Crippen LogP contribution is 2.28. The molecule has 3 heterocycles. The van der Waals surface area contributed by atoms with E-state index >= 15 is 0 Å². The molecule has 0 bridgehead atoms. The van der Waals surface area contributed by atoms with Crippen molar-refractivity contribution in [2.24, 2.45) is 0 Å². The summed E-state index contributed by atoms with van der Waals surface area (Å²) in [6.45, 7) is 5.43. The predicted molar refractivity (Wildman–Crippen MR) is 118 cm³/mol. The standard InChI is InChI=1S/C22H27FN6O3/c1-3-29-21(31)16-11-17(23)14(10-19(16)26-22(29)32)13-27-6-8-28(9-7-27)15-4-5-18(25-12-15)20(30)24-2/h4-5,10-12,22,26,32H,3,6-9,13H2,1-2H3,(H,24,30). The van der Waals surface area contributed by atoms with Gasteiger partial charge < -0.3 is 20.6 Å². The number of amides is 2. The van der Waals surface area contributed by atoms with Gasteiger partial charge in [0.2, 0.25) is 6.35 Å². The number of nitrogens with zero attached hydrogens (tertiary/aromatic N) is 4. The smallest absolute Gasteiger partial charge is 0.269 e. The fourth-order valence-electron chi connectivity index (χ4n) is 4.08. The molecule has 1 atom stereocenters. The third-order valence-corrected chi connectivity index (χ3v) is 5.94. The maximum Gasteiger partial charge on any atom is 0.269 e. The number of benzene rings is 1. The highest BCUT2D eigenvalue weighted by molar-refractivity contribution is 6.01. The van der Waals surface area contributed by atoms with Gasteiger partial charge in [0.25, 0.3) is 11.8 Å². The van der Waals surface area contributed by atoms with E-state index in [2.05, 4.69) is 25.4 Å². The van der Waals surface area contributed by atoms with Gasteiger partial charge in [-0.05, 0) is 31.2 Å². The van der Waals surface area contributed by atoms with Gasteiger partial charge in [0.05, 0.1) is 23.1 Å². The zero-order chi connectivity index (χ0) is 22.8. The average Bonchev–Trinajstić information content (AvgIpc) is 2.81. The van der Waals surface area contributed by atoms with Crippen molar-refractivity contribution in [3.8, 4) is 0 Å². The van der Waals surface area contributed by atoms with Crippen LogP contribution in [0.5, 0.6) is 0 Å². The predicted octanol–water partition coefficient (Wildman–Crippen LogP) is 1.07. The highest BCUT2D eigenvalue weighted by atomic mass is 19.1. The quantitative estimate of drug-likeness (QED) is 0.637. The lowest BCUT2D eigenvalue weighted by atomic mass is 10.0. The second-order valence-corrected chi connectivity index (χ2v) is 7.84. The number of hydrogen-bond acceptors (Lipinski definition) is 7. The number of hydrogen-bond donors (Lipinski definition) is 3. The van der Waals surface area contributed by atoms with Crippen molar-refractivity contribution in [1.29, 1.82) is 0 Å². The molecule has 9 nitrogen and oxygen atoms in total. The molecule has 2 aliphatic heterocycles. The molecular formula is C22H27FN6O3. The SMILES string of the molecule is CCN1C(=O)c2cc(F)c(CN3CCN(c4ccc(C(=O)NC)nc4)CC3)cc2NC1O. The Labute approximate surface area is 185 Å². The normalized spacial score (nSPS) is 18.9. The molecular weight excluding hydrogens is 415 g/mol. The van der Waals surface area contributed by atoms with Gasteiger partial charge in [-0.15, -0.1) is 0 Å². The maximum atomic E-state index is 14.8. The fraction of sp³-hybridized carbons (Fsp3) is 0.409. The summed E-state index contributed by atoms with van der Waals surface area (Å²) in [5.41, 5.74) is 2.47. The average molecular weight is 442 g/mol. The summed E-state index contributed by atoms with van der Waals surface area (Å²) >= 11 is 0. The molecule has 1 fully saturated rings. The number of anilines is 2. The van der Waals surface area contributed by atoms with E-state index in [1.54, 1.807) is 32.3 Å². The number of aliphatic hydroxyl groups is 1. The first-order valence-corrected chi connectivity index (χ1v) is 10.6. The van der Waals surface area contributed by atoms with Crippen molar-refractivity contribution >= 4 is 23.2 Å². The maximum absolute atomic E-state index is 14.8. The van der Waals surface area contributed by atoms with Gasteiger partial charge in [0.1, 0.15) is 11.5 Å². The Bertz CT molecular complexity index is 1010. The summed E-state index contributed by atoms with van der Waals surface area (Å²) in [5.74, 6) is -1.04. The summed E-state index contributed by atoms with van der Waals surface area (Å²) in [6.07, 6.45) is 0.571. The summed E-state index contributed by atoms with van der Waals surface area (Å²) < 4.78 is 14.8. The molecule has 0 spiro atoms. The number of piperazine rings is 1. The van der Waals surface area contributed by atoms with Gasteiger partial charge in [-0.3, -0.25) is 19.4 Å². The van der Waals surface area contributed by atoms with Crippen molar-refractivity contribution in [3.63, 3.8) is 0 Å². The summed E-state index contributed by atoms with van der Waals surface area (Å²) in [6, 6.07) is 6.45. The van der Waals surface area contributed by atoms with Crippen molar-refractivity contribution in [2.45, 2.75) is 19.8 Å². The molecule has 2 aromatic rings. The molecule has 2 amide bonds. The lowest BCUT2D eigenvalue weighted by Gasteiger charge is -2.36. The van der Waals surface area contributed by atoms with Gasteiger partial charge in [0.15, 0.2) is 0 Å². The number of nitrogens with one attached hydrogen (secondary N) is 2. The first-order valence-electron chi connectivity index (χ1n) is 10.6. The minimum atomic E-state index is -1.12. The largest absolute Gasteiger partial charge is 0.368 e. The van der Waals surface area contributed by atoms with Crippen LogP contribution in [0.4, 0.5) is 15.8 Å². The summed E-state index contributed by atoms with van der Waals surface area (Å²) in [5, 5.41) is 15.5. The Morgan fingerprint density at radius 1 is 1.28 bits per heavy atom. The fourth-order valence-corrected chi connectivity index (χ4v) is 4.08. The van der Waals surface area contributed by atoms with Crippen molar-refractivity contribution in [3.05, 3.63) is 53.1 Å². The van der Waals surface area contributed by atoms with E-state index in [9.17, 15) is 19.1 Å². The first-order chi connectivity index (χ1) is 15.4.